The molecule has 0 N–H and O–H groups in total. The fraction of sp³-hybridized carbons (Fsp3) is 0.588. The molecule has 0 bridgehead atoms. The third-order valence-electron chi connectivity index (χ3n) is 3.53. The highest BCUT2D eigenvalue weighted by Gasteiger charge is 2.13. The molecule has 110 valence electrons. The lowest BCUT2D eigenvalue weighted by molar-refractivity contribution is -0.139. The third-order valence-corrected chi connectivity index (χ3v) is 3.53. The molecule has 0 spiro atoms. The van der Waals surface area contributed by atoms with Crippen LogP contribution in [0.2, 0.25) is 0 Å². The fourth-order valence-electron chi connectivity index (χ4n) is 2.56. The average Bonchev–Trinajstić information content (AvgIpc) is 2.44. The zero-order valence-electron chi connectivity index (χ0n) is 12.8. The maximum atomic E-state index is 5.59. The summed E-state index contributed by atoms with van der Waals surface area (Å²) in [5.74, 6) is 0.539. The van der Waals surface area contributed by atoms with Crippen LogP contribution in [0, 0.1) is 5.92 Å². The van der Waals surface area contributed by atoms with Crippen LogP contribution >= 0.6 is 0 Å². The average molecular weight is 275 g/mol. The summed E-state index contributed by atoms with van der Waals surface area (Å²) < 4.78 is 11.2. The van der Waals surface area contributed by atoms with E-state index in [9.17, 15) is 0 Å². The van der Waals surface area contributed by atoms with Crippen LogP contribution in [0.1, 0.15) is 38.3 Å². The van der Waals surface area contributed by atoms with Crippen LogP contribution in [0.5, 0.6) is 0 Å². The molecule has 1 aromatic carbocycles. The van der Waals surface area contributed by atoms with Crippen LogP contribution in [0.15, 0.2) is 23.2 Å². The Balaban J connectivity index is 1.96. The van der Waals surface area contributed by atoms with Crippen molar-refractivity contribution in [2.24, 2.45) is 10.9 Å². The molecule has 2 rings (SSSR count). The summed E-state index contributed by atoms with van der Waals surface area (Å²) in [5.41, 5.74) is 3.83. The molecule has 3 heteroatoms. The van der Waals surface area contributed by atoms with Crippen LogP contribution in [-0.2, 0) is 22.3 Å². The predicted octanol–water partition coefficient (Wildman–Crippen LogP) is 3.91. The van der Waals surface area contributed by atoms with Gasteiger partial charge in [0.15, 0.2) is 6.29 Å². The van der Waals surface area contributed by atoms with Gasteiger partial charge in [-0.2, -0.15) is 0 Å². The molecular weight excluding hydrogens is 250 g/mol. The van der Waals surface area contributed by atoms with Gasteiger partial charge in [0.2, 0.25) is 0 Å². The molecule has 0 aromatic heterocycles. The topological polar surface area (TPSA) is 30.8 Å². The number of benzene rings is 1. The van der Waals surface area contributed by atoms with Gasteiger partial charge in [-0.25, -0.2) is 0 Å². The largest absolute Gasteiger partial charge is 0.353 e. The monoisotopic (exact) mass is 275 g/mol. The SMILES string of the molecule is CCOC(CCc1ccc2c(c1)CC(C)C=N2)OCC. The third kappa shape index (κ3) is 4.15. The van der Waals surface area contributed by atoms with Crippen molar-refractivity contribution in [1.82, 2.24) is 0 Å². The van der Waals surface area contributed by atoms with Gasteiger partial charge in [0.1, 0.15) is 0 Å². The first-order chi connectivity index (χ1) is 9.72. The zero-order valence-corrected chi connectivity index (χ0v) is 12.8. The molecule has 1 aromatic rings. The summed E-state index contributed by atoms with van der Waals surface area (Å²) in [7, 11) is 0. The number of nitrogens with zero attached hydrogens (tertiary/aromatic N) is 1. The second-order valence-electron chi connectivity index (χ2n) is 5.30. The summed E-state index contributed by atoms with van der Waals surface area (Å²) in [6, 6.07) is 6.59. The highest BCUT2D eigenvalue weighted by molar-refractivity contribution is 5.71. The van der Waals surface area contributed by atoms with E-state index in [1.165, 1.54) is 11.1 Å². The molecular formula is C17H25NO2. The van der Waals surface area contributed by atoms with E-state index < -0.39 is 0 Å². The van der Waals surface area contributed by atoms with Crippen molar-refractivity contribution in [3.63, 3.8) is 0 Å². The van der Waals surface area contributed by atoms with Crippen LogP contribution in [0.4, 0.5) is 5.69 Å². The fourth-order valence-corrected chi connectivity index (χ4v) is 2.56. The van der Waals surface area contributed by atoms with Crippen LogP contribution in [-0.4, -0.2) is 25.7 Å². The van der Waals surface area contributed by atoms with Crippen molar-refractivity contribution in [3.8, 4) is 0 Å². The number of aryl methyl sites for hydroxylation is 1. The Morgan fingerprint density at radius 1 is 1.25 bits per heavy atom. The van der Waals surface area contributed by atoms with E-state index in [1.54, 1.807) is 0 Å². The van der Waals surface area contributed by atoms with E-state index in [1.807, 2.05) is 20.1 Å². The van der Waals surface area contributed by atoms with E-state index in [0.29, 0.717) is 19.1 Å². The number of ether oxygens (including phenoxy) is 2. The van der Waals surface area contributed by atoms with Gasteiger partial charge in [0.25, 0.3) is 0 Å². The second-order valence-corrected chi connectivity index (χ2v) is 5.30. The van der Waals surface area contributed by atoms with Crippen molar-refractivity contribution in [2.45, 2.75) is 46.3 Å². The summed E-state index contributed by atoms with van der Waals surface area (Å²) >= 11 is 0. The summed E-state index contributed by atoms with van der Waals surface area (Å²) in [6.07, 6.45) is 4.93. The Morgan fingerprint density at radius 2 is 2.00 bits per heavy atom. The summed E-state index contributed by atoms with van der Waals surface area (Å²) in [4.78, 5) is 4.49. The molecule has 0 amide bonds. The molecule has 0 radical (unpaired) electrons. The van der Waals surface area contributed by atoms with Crippen molar-refractivity contribution >= 4 is 11.9 Å². The lowest BCUT2D eigenvalue weighted by Crippen LogP contribution is -2.18. The predicted molar refractivity (Wildman–Crippen MR) is 82.8 cm³/mol. The van der Waals surface area contributed by atoms with E-state index >= 15 is 0 Å². The van der Waals surface area contributed by atoms with Crippen LogP contribution < -0.4 is 0 Å². The van der Waals surface area contributed by atoms with Crippen LogP contribution in [0.3, 0.4) is 0 Å². The van der Waals surface area contributed by atoms with E-state index in [-0.39, 0.29) is 6.29 Å². The van der Waals surface area contributed by atoms with Gasteiger partial charge in [-0.05, 0) is 49.8 Å². The number of aliphatic imine (C=N–C) groups is 1. The quantitative estimate of drug-likeness (QED) is 0.706. The Hall–Kier alpha value is -1.19. The van der Waals surface area contributed by atoms with E-state index in [2.05, 4.69) is 30.1 Å². The van der Waals surface area contributed by atoms with Gasteiger partial charge >= 0.3 is 0 Å². The maximum Gasteiger partial charge on any atom is 0.157 e. The van der Waals surface area contributed by atoms with Gasteiger partial charge in [-0.15, -0.1) is 0 Å². The van der Waals surface area contributed by atoms with Crippen molar-refractivity contribution < 1.29 is 9.47 Å². The Morgan fingerprint density at radius 3 is 2.70 bits per heavy atom. The van der Waals surface area contributed by atoms with Gasteiger partial charge < -0.3 is 9.47 Å². The standard InChI is InChI=1S/C17H25NO2/c1-4-19-17(20-5-2)9-7-14-6-8-16-15(11-14)10-13(3)12-18-16/h6,8,11-13,17H,4-5,7,9-10H2,1-3H3. The van der Waals surface area contributed by atoms with Crippen LogP contribution in [0.25, 0.3) is 0 Å². The normalized spacial score (nSPS) is 17.5. The number of fused-ring (bicyclic) bond motifs is 1. The molecule has 0 saturated carbocycles. The van der Waals surface area contributed by atoms with Gasteiger partial charge in [-0.3, -0.25) is 4.99 Å². The minimum absolute atomic E-state index is 0.0852. The maximum absolute atomic E-state index is 5.59. The smallest absolute Gasteiger partial charge is 0.157 e. The van der Waals surface area contributed by atoms with Crippen molar-refractivity contribution in [1.29, 1.82) is 0 Å². The Bertz CT molecular complexity index is 450. The molecule has 0 fully saturated rings. The molecule has 1 heterocycles. The van der Waals surface area contributed by atoms with Gasteiger partial charge in [0, 0.05) is 25.8 Å². The molecule has 1 aliphatic heterocycles. The second kappa shape index (κ2) is 7.55. The molecule has 3 nitrogen and oxygen atoms in total. The highest BCUT2D eigenvalue weighted by Crippen LogP contribution is 2.27. The first kappa shape index (κ1) is 15.2. The van der Waals surface area contributed by atoms with Crippen molar-refractivity contribution in [3.05, 3.63) is 29.3 Å². The molecule has 1 atom stereocenters. The lowest BCUT2D eigenvalue weighted by Gasteiger charge is -2.18. The molecule has 1 aliphatic rings. The first-order valence-corrected chi connectivity index (χ1v) is 7.62. The molecule has 1 unspecified atom stereocenters. The Kier molecular flexibility index (Phi) is 5.74. The van der Waals surface area contributed by atoms with E-state index in [0.717, 1.165) is 24.9 Å². The van der Waals surface area contributed by atoms with Gasteiger partial charge in [-0.1, -0.05) is 19.1 Å². The summed E-state index contributed by atoms with van der Waals surface area (Å²) in [5, 5.41) is 0. The number of hydrogen-bond donors (Lipinski definition) is 0. The Labute approximate surface area is 122 Å². The molecule has 0 saturated heterocycles. The minimum atomic E-state index is -0.0852. The van der Waals surface area contributed by atoms with Gasteiger partial charge in [0.05, 0.1) is 5.69 Å². The zero-order chi connectivity index (χ0) is 14.4. The molecule has 20 heavy (non-hydrogen) atoms. The van der Waals surface area contributed by atoms with Crippen molar-refractivity contribution in [2.75, 3.05) is 13.2 Å². The number of rotatable bonds is 7. The lowest BCUT2D eigenvalue weighted by atomic mass is 9.95. The summed E-state index contributed by atoms with van der Waals surface area (Å²) in [6.45, 7) is 7.61. The minimum Gasteiger partial charge on any atom is -0.353 e. The molecule has 0 aliphatic carbocycles. The number of hydrogen-bond acceptors (Lipinski definition) is 3. The highest BCUT2D eigenvalue weighted by atomic mass is 16.7. The van der Waals surface area contributed by atoms with E-state index in [4.69, 9.17) is 9.47 Å². The first-order valence-electron chi connectivity index (χ1n) is 7.62.